The van der Waals surface area contributed by atoms with E-state index in [-0.39, 0.29) is 0 Å². The maximum Gasteiger partial charge on any atom is 0.117 e. The van der Waals surface area contributed by atoms with E-state index >= 15 is 0 Å². The van der Waals surface area contributed by atoms with Gasteiger partial charge in [-0.15, -0.1) is 0 Å². The summed E-state index contributed by atoms with van der Waals surface area (Å²) in [7, 11) is 0. The number of rotatable bonds is 1. The minimum Gasteiger partial charge on any atom is -0.494 e. The lowest BCUT2D eigenvalue weighted by atomic mass is 10.1. The van der Waals surface area contributed by atoms with Crippen LogP contribution in [0.25, 0.3) is 0 Å². The predicted molar refractivity (Wildman–Crippen MR) is 54.0 cm³/mol. The van der Waals surface area contributed by atoms with Gasteiger partial charge < -0.3 is 4.74 Å². The van der Waals surface area contributed by atoms with Gasteiger partial charge in [-0.1, -0.05) is 19.9 Å². The number of ether oxygens (including phenoxy) is 1. The van der Waals surface area contributed by atoms with Gasteiger partial charge in [0, 0.05) is 0 Å². The van der Waals surface area contributed by atoms with E-state index in [4.69, 9.17) is 4.74 Å². The molecule has 0 aromatic carbocycles. The third kappa shape index (κ3) is 3.61. The Kier molecular flexibility index (Phi) is 6.54. The third-order valence-corrected chi connectivity index (χ3v) is 1.69. The Bertz CT molecular complexity index is 166. The van der Waals surface area contributed by atoms with Crippen LogP contribution < -0.4 is 0 Å². The fourth-order valence-electron chi connectivity index (χ4n) is 1.11. The Hall–Kier alpha value is -0.720. The standard InChI is InChI=1S/C9H14O.C2H6/c1-3-5-9-8(2)6-4-7-10-9;1-2/h3,5H,4,6-7H2,1-2H3;1-2H3/b5-3-;. The van der Waals surface area contributed by atoms with Crippen molar-refractivity contribution in [3.63, 3.8) is 0 Å². The Labute approximate surface area is 76.1 Å². The lowest BCUT2D eigenvalue weighted by Gasteiger charge is -2.15. The third-order valence-electron chi connectivity index (χ3n) is 1.69. The molecule has 0 aromatic rings. The van der Waals surface area contributed by atoms with E-state index in [1.807, 2.05) is 32.9 Å². The second kappa shape index (κ2) is 6.96. The summed E-state index contributed by atoms with van der Waals surface area (Å²) in [5, 5.41) is 0. The highest BCUT2D eigenvalue weighted by Gasteiger charge is 2.05. The molecule has 0 aliphatic carbocycles. The molecule has 0 spiro atoms. The molecule has 0 fully saturated rings. The first kappa shape index (κ1) is 11.3. The average Bonchev–Trinajstić information content (AvgIpc) is 2.13. The molecule has 1 heteroatoms. The summed E-state index contributed by atoms with van der Waals surface area (Å²) in [4.78, 5) is 0. The molecule has 0 atom stereocenters. The van der Waals surface area contributed by atoms with Crippen molar-refractivity contribution in [3.8, 4) is 0 Å². The molecule has 0 unspecified atom stereocenters. The zero-order valence-corrected chi connectivity index (χ0v) is 8.68. The lowest BCUT2D eigenvalue weighted by Crippen LogP contribution is -2.02. The van der Waals surface area contributed by atoms with E-state index in [2.05, 4.69) is 6.92 Å². The molecule has 0 N–H and O–H groups in total. The van der Waals surface area contributed by atoms with Crippen molar-refractivity contribution in [2.75, 3.05) is 6.61 Å². The van der Waals surface area contributed by atoms with Crippen LogP contribution in [0.5, 0.6) is 0 Å². The van der Waals surface area contributed by atoms with Crippen molar-refractivity contribution in [2.24, 2.45) is 0 Å². The van der Waals surface area contributed by atoms with Crippen molar-refractivity contribution in [1.82, 2.24) is 0 Å². The predicted octanol–water partition coefficient (Wildman–Crippen LogP) is 3.67. The summed E-state index contributed by atoms with van der Waals surface area (Å²) in [6, 6.07) is 0. The highest BCUT2D eigenvalue weighted by Crippen LogP contribution is 2.18. The van der Waals surface area contributed by atoms with Crippen LogP contribution in [0.2, 0.25) is 0 Å². The number of hydrogen-bond donors (Lipinski definition) is 0. The van der Waals surface area contributed by atoms with Gasteiger partial charge in [-0.05, 0) is 38.3 Å². The maximum absolute atomic E-state index is 5.42. The first-order valence-electron chi connectivity index (χ1n) is 4.80. The van der Waals surface area contributed by atoms with Crippen molar-refractivity contribution in [3.05, 3.63) is 23.5 Å². The van der Waals surface area contributed by atoms with Crippen molar-refractivity contribution in [2.45, 2.75) is 40.5 Å². The van der Waals surface area contributed by atoms with Gasteiger partial charge in [0.05, 0.1) is 6.61 Å². The van der Waals surface area contributed by atoms with Crippen LogP contribution in [-0.4, -0.2) is 6.61 Å². The fraction of sp³-hybridized carbons (Fsp3) is 0.636. The van der Waals surface area contributed by atoms with Gasteiger partial charge in [0.1, 0.15) is 5.76 Å². The molecule has 70 valence electrons. The molecular formula is C11H20O. The summed E-state index contributed by atoms with van der Waals surface area (Å²) in [6.45, 7) is 9.03. The highest BCUT2D eigenvalue weighted by atomic mass is 16.5. The van der Waals surface area contributed by atoms with Crippen molar-refractivity contribution < 1.29 is 4.74 Å². The molecular weight excluding hydrogens is 148 g/mol. The van der Waals surface area contributed by atoms with Gasteiger partial charge in [0.2, 0.25) is 0 Å². The molecule has 0 bridgehead atoms. The van der Waals surface area contributed by atoms with E-state index < -0.39 is 0 Å². The Morgan fingerprint density at radius 3 is 2.50 bits per heavy atom. The zero-order chi connectivity index (χ0) is 9.40. The molecule has 0 amide bonds. The Morgan fingerprint density at radius 2 is 2.00 bits per heavy atom. The molecule has 0 radical (unpaired) electrons. The molecule has 0 aromatic heterocycles. The smallest absolute Gasteiger partial charge is 0.117 e. The topological polar surface area (TPSA) is 9.23 Å². The van der Waals surface area contributed by atoms with Crippen LogP contribution in [-0.2, 0) is 4.74 Å². The normalized spacial score (nSPS) is 17.0. The Morgan fingerprint density at radius 1 is 1.33 bits per heavy atom. The van der Waals surface area contributed by atoms with Crippen molar-refractivity contribution in [1.29, 1.82) is 0 Å². The van der Waals surface area contributed by atoms with Crippen LogP contribution in [0, 0.1) is 0 Å². The highest BCUT2D eigenvalue weighted by molar-refractivity contribution is 5.19. The van der Waals surface area contributed by atoms with Crippen LogP contribution >= 0.6 is 0 Å². The van der Waals surface area contributed by atoms with E-state index in [0.717, 1.165) is 12.4 Å². The van der Waals surface area contributed by atoms with Gasteiger partial charge in [-0.2, -0.15) is 0 Å². The molecule has 1 heterocycles. The molecule has 1 rings (SSSR count). The molecule has 0 saturated carbocycles. The molecule has 1 aliphatic rings. The summed E-state index contributed by atoms with van der Waals surface area (Å²) in [5.41, 5.74) is 1.38. The summed E-state index contributed by atoms with van der Waals surface area (Å²) < 4.78 is 5.42. The van der Waals surface area contributed by atoms with Gasteiger partial charge in [-0.25, -0.2) is 0 Å². The van der Waals surface area contributed by atoms with Crippen LogP contribution in [0.1, 0.15) is 40.5 Å². The number of allylic oxidation sites excluding steroid dienone is 3. The summed E-state index contributed by atoms with van der Waals surface area (Å²) in [6.07, 6.45) is 6.42. The first-order chi connectivity index (χ1) is 5.84. The van der Waals surface area contributed by atoms with Crippen LogP contribution in [0.4, 0.5) is 0 Å². The van der Waals surface area contributed by atoms with Crippen LogP contribution in [0.15, 0.2) is 23.5 Å². The molecule has 1 nitrogen and oxygen atoms in total. The van der Waals surface area contributed by atoms with E-state index in [1.54, 1.807) is 0 Å². The molecule has 12 heavy (non-hydrogen) atoms. The zero-order valence-electron chi connectivity index (χ0n) is 8.68. The monoisotopic (exact) mass is 168 g/mol. The van der Waals surface area contributed by atoms with Gasteiger partial charge in [-0.3, -0.25) is 0 Å². The minimum absolute atomic E-state index is 0.886. The lowest BCUT2D eigenvalue weighted by molar-refractivity contribution is 0.199. The van der Waals surface area contributed by atoms with Gasteiger partial charge in [0.25, 0.3) is 0 Å². The van der Waals surface area contributed by atoms with E-state index in [9.17, 15) is 0 Å². The van der Waals surface area contributed by atoms with E-state index in [1.165, 1.54) is 18.4 Å². The summed E-state index contributed by atoms with van der Waals surface area (Å²) >= 11 is 0. The van der Waals surface area contributed by atoms with Gasteiger partial charge >= 0.3 is 0 Å². The van der Waals surface area contributed by atoms with E-state index in [0.29, 0.717) is 0 Å². The van der Waals surface area contributed by atoms with Crippen LogP contribution in [0.3, 0.4) is 0 Å². The maximum atomic E-state index is 5.42. The summed E-state index contributed by atoms with van der Waals surface area (Å²) in [5.74, 6) is 1.08. The second-order valence-corrected chi connectivity index (χ2v) is 2.60. The van der Waals surface area contributed by atoms with Crippen molar-refractivity contribution >= 4 is 0 Å². The first-order valence-corrected chi connectivity index (χ1v) is 4.80. The average molecular weight is 168 g/mol. The fourth-order valence-corrected chi connectivity index (χ4v) is 1.11. The molecule has 1 aliphatic heterocycles. The second-order valence-electron chi connectivity index (χ2n) is 2.60. The Balaban J connectivity index is 0.000000561. The van der Waals surface area contributed by atoms with Gasteiger partial charge in [0.15, 0.2) is 0 Å². The molecule has 0 saturated heterocycles. The largest absolute Gasteiger partial charge is 0.494 e. The minimum atomic E-state index is 0.886. The quantitative estimate of drug-likeness (QED) is 0.580. The SMILES string of the molecule is C/C=C\C1=C(C)CCCO1.CC. The number of hydrogen-bond acceptors (Lipinski definition) is 1.